The average molecular weight is 354 g/mol. The van der Waals surface area contributed by atoms with Crippen LogP contribution in [0.5, 0.6) is 0 Å². The van der Waals surface area contributed by atoms with Crippen molar-refractivity contribution in [1.29, 1.82) is 0 Å². The van der Waals surface area contributed by atoms with E-state index in [-0.39, 0.29) is 21.9 Å². The fourth-order valence-electron chi connectivity index (χ4n) is 1.74. The van der Waals surface area contributed by atoms with E-state index in [9.17, 15) is 13.2 Å². The lowest BCUT2D eigenvalue weighted by Crippen LogP contribution is -2.06. The van der Waals surface area contributed by atoms with Gasteiger partial charge < -0.3 is 5.73 Å². The normalized spacial score (nSPS) is 11.3. The van der Waals surface area contributed by atoms with Gasteiger partial charge in [-0.1, -0.05) is 15.9 Å². The molecule has 0 aliphatic heterocycles. The second-order valence-corrected chi connectivity index (χ2v) is 7.33. The number of nitrogen functional groups attached to an aromatic ring is 1. The van der Waals surface area contributed by atoms with E-state index in [2.05, 4.69) is 15.9 Å². The molecule has 0 bridgehead atoms. The molecule has 0 radical (unpaired) electrons. The maximum Gasteiger partial charge on any atom is 0.193 e. The zero-order chi connectivity index (χ0) is 14.9. The number of anilines is 1. The molecule has 20 heavy (non-hydrogen) atoms. The van der Waals surface area contributed by atoms with E-state index in [0.29, 0.717) is 5.56 Å². The van der Waals surface area contributed by atoms with Crippen LogP contribution in [0.25, 0.3) is 0 Å². The van der Waals surface area contributed by atoms with Gasteiger partial charge in [0.15, 0.2) is 15.6 Å². The summed E-state index contributed by atoms with van der Waals surface area (Å²) in [5, 5.41) is 0. The summed E-state index contributed by atoms with van der Waals surface area (Å²) < 4.78 is 24.0. The smallest absolute Gasteiger partial charge is 0.193 e. The predicted octanol–water partition coefficient (Wildman–Crippen LogP) is 2.67. The molecule has 6 heteroatoms. The molecule has 0 saturated carbocycles. The Kier molecular flexibility index (Phi) is 3.96. The molecule has 0 unspecified atom stereocenters. The van der Waals surface area contributed by atoms with E-state index in [1.165, 1.54) is 18.2 Å². The number of halogens is 1. The number of carbonyl (C=O) groups excluding carboxylic acids is 1. The van der Waals surface area contributed by atoms with E-state index in [4.69, 9.17) is 5.73 Å². The molecule has 2 aromatic rings. The molecule has 0 saturated heterocycles. The second-order valence-electron chi connectivity index (χ2n) is 4.40. The minimum Gasteiger partial charge on any atom is -0.399 e. The van der Waals surface area contributed by atoms with Crippen LogP contribution in [0.15, 0.2) is 51.8 Å². The van der Waals surface area contributed by atoms with Crippen molar-refractivity contribution < 1.29 is 13.2 Å². The van der Waals surface area contributed by atoms with Crippen LogP contribution in [-0.2, 0) is 9.84 Å². The highest BCUT2D eigenvalue weighted by atomic mass is 79.9. The lowest BCUT2D eigenvalue weighted by molar-refractivity contribution is 0.103. The van der Waals surface area contributed by atoms with Crippen LogP contribution >= 0.6 is 15.9 Å². The zero-order valence-corrected chi connectivity index (χ0v) is 13.0. The van der Waals surface area contributed by atoms with Gasteiger partial charge in [-0.2, -0.15) is 0 Å². The first-order valence-electron chi connectivity index (χ1n) is 5.68. The van der Waals surface area contributed by atoms with Crippen LogP contribution in [0, 0.1) is 0 Å². The molecular weight excluding hydrogens is 342 g/mol. The van der Waals surface area contributed by atoms with E-state index >= 15 is 0 Å². The van der Waals surface area contributed by atoms with Gasteiger partial charge >= 0.3 is 0 Å². The zero-order valence-electron chi connectivity index (χ0n) is 10.6. The third-order valence-corrected chi connectivity index (χ3v) is 4.35. The van der Waals surface area contributed by atoms with Gasteiger partial charge in [0, 0.05) is 27.5 Å². The first-order chi connectivity index (χ1) is 9.27. The van der Waals surface area contributed by atoms with Gasteiger partial charge in [0.2, 0.25) is 0 Å². The topological polar surface area (TPSA) is 77.2 Å². The number of hydrogen-bond donors (Lipinski definition) is 1. The summed E-state index contributed by atoms with van der Waals surface area (Å²) in [7, 11) is -3.41. The number of hydrogen-bond acceptors (Lipinski definition) is 4. The predicted molar refractivity (Wildman–Crippen MR) is 81.5 cm³/mol. The molecule has 4 nitrogen and oxygen atoms in total. The van der Waals surface area contributed by atoms with Crippen LogP contribution in [0.4, 0.5) is 5.69 Å². The van der Waals surface area contributed by atoms with E-state index in [1.54, 1.807) is 24.3 Å². The van der Waals surface area contributed by atoms with Gasteiger partial charge in [0.1, 0.15) is 0 Å². The Hall–Kier alpha value is -1.66. The first-order valence-corrected chi connectivity index (χ1v) is 8.37. The molecule has 0 heterocycles. The number of carbonyl (C=O) groups is 1. The molecular formula is C14H12BrNO3S. The average Bonchev–Trinajstić information content (AvgIpc) is 2.37. The summed E-state index contributed by atoms with van der Waals surface area (Å²) >= 11 is 3.29. The Balaban J connectivity index is 2.50. The fraction of sp³-hybridized carbons (Fsp3) is 0.0714. The molecule has 0 spiro atoms. The number of nitrogens with two attached hydrogens (primary N) is 1. The van der Waals surface area contributed by atoms with Crippen molar-refractivity contribution >= 4 is 37.2 Å². The van der Waals surface area contributed by atoms with Crippen molar-refractivity contribution in [2.75, 3.05) is 12.0 Å². The van der Waals surface area contributed by atoms with Crippen molar-refractivity contribution in [3.05, 3.63) is 58.1 Å². The Morgan fingerprint density at radius 2 is 1.65 bits per heavy atom. The van der Waals surface area contributed by atoms with Crippen LogP contribution in [0.1, 0.15) is 15.9 Å². The van der Waals surface area contributed by atoms with Crippen molar-refractivity contribution in [2.45, 2.75) is 4.90 Å². The first kappa shape index (κ1) is 14.7. The highest BCUT2D eigenvalue weighted by molar-refractivity contribution is 9.10. The monoisotopic (exact) mass is 353 g/mol. The molecule has 0 atom stereocenters. The van der Waals surface area contributed by atoms with E-state index in [1.807, 2.05) is 0 Å². The lowest BCUT2D eigenvalue weighted by Gasteiger charge is -2.06. The number of rotatable bonds is 3. The fourth-order valence-corrected chi connectivity index (χ4v) is 2.69. The van der Waals surface area contributed by atoms with Crippen molar-refractivity contribution in [2.24, 2.45) is 0 Å². The van der Waals surface area contributed by atoms with Gasteiger partial charge in [-0.15, -0.1) is 0 Å². The molecule has 0 fully saturated rings. The van der Waals surface area contributed by atoms with Gasteiger partial charge in [-0.05, 0) is 42.5 Å². The highest BCUT2D eigenvalue weighted by Crippen LogP contribution is 2.20. The lowest BCUT2D eigenvalue weighted by atomic mass is 10.0. The van der Waals surface area contributed by atoms with Crippen molar-refractivity contribution in [1.82, 2.24) is 0 Å². The molecule has 0 aromatic heterocycles. The molecule has 2 rings (SSSR count). The minimum absolute atomic E-state index is 0.0398. The Morgan fingerprint density at radius 3 is 2.20 bits per heavy atom. The summed E-state index contributed by atoms with van der Waals surface area (Å²) in [6, 6.07) is 11.0. The number of benzene rings is 2. The summed E-state index contributed by atoms with van der Waals surface area (Å²) in [4.78, 5) is 12.4. The Morgan fingerprint density at radius 1 is 1.05 bits per heavy atom. The van der Waals surface area contributed by atoms with Crippen LogP contribution in [0.2, 0.25) is 0 Å². The van der Waals surface area contributed by atoms with Crippen LogP contribution in [0.3, 0.4) is 0 Å². The second kappa shape index (κ2) is 5.38. The Bertz CT molecular complexity index is 768. The van der Waals surface area contributed by atoms with E-state index < -0.39 is 9.84 Å². The molecule has 104 valence electrons. The molecule has 0 aliphatic rings. The third kappa shape index (κ3) is 3.26. The van der Waals surface area contributed by atoms with Gasteiger partial charge in [-0.3, -0.25) is 4.79 Å². The van der Waals surface area contributed by atoms with Crippen molar-refractivity contribution in [3.63, 3.8) is 0 Å². The number of sulfone groups is 1. The third-order valence-electron chi connectivity index (χ3n) is 2.73. The maximum absolute atomic E-state index is 12.3. The largest absolute Gasteiger partial charge is 0.399 e. The van der Waals surface area contributed by atoms with Gasteiger partial charge in [-0.25, -0.2) is 8.42 Å². The highest BCUT2D eigenvalue weighted by Gasteiger charge is 2.14. The molecule has 0 aliphatic carbocycles. The SMILES string of the molecule is CS(=O)(=O)c1cc(N)cc(C(=O)c2ccc(Br)cc2)c1. The summed E-state index contributed by atoms with van der Waals surface area (Å²) in [5.41, 5.74) is 6.64. The summed E-state index contributed by atoms with van der Waals surface area (Å²) in [6.45, 7) is 0. The molecule has 0 amide bonds. The van der Waals surface area contributed by atoms with Crippen LogP contribution in [-0.4, -0.2) is 20.5 Å². The van der Waals surface area contributed by atoms with Crippen molar-refractivity contribution in [3.8, 4) is 0 Å². The minimum atomic E-state index is -3.41. The molecule has 2 aromatic carbocycles. The number of ketones is 1. The van der Waals surface area contributed by atoms with Gasteiger partial charge in [0.05, 0.1) is 4.90 Å². The maximum atomic E-state index is 12.3. The standard InChI is InChI=1S/C14H12BrNO3S/c1-20(18,19)13-7-10(6-12(16)8-13)14(17)9-2-4-11(15)5-3-9/h2-8H,16H2,1H3. The van der Waals surface area contributed by atoms with Crippen LogP contribution < -0.4 is 5.73 Å². The summed E-state index contributed by atoms with van der Waals surface area (Å²) in [6.07, 6.45) is 1.08. The quantitative estimate of drug-likeness (QED) is 0.679. The Labute approximate surface area is 125 Å². The van der Waals surface area contributed by atoms with Gasteiger partial charge in [0.25, 0.3) is 0 Å². The molecule has 2 N–H and O–H groups in total. The van der Waals surface area contributed by atoms with E-state index in [0.717, 1.165) is 10.7 Å². The summed E-state index contributed by atoms with van der Waals surface area (Å²) in [5.74, 6) is -0.269.